The quantitative estimate of drug-likeness (QED) is 0.638. The van der Waals surface area contributed by atoms with Crippen LogP contribution >= 0.6 is 0 Å². The van der Waals surface area contributed by atoms with E-state index in [1.807, 2.05) is 24.3 Å². The molecule has 4 rings (SSSR count). The van der Waals surface area contributed by atoms with Gasteiger partial charge >= 0.3 is 5.97 Å². The van der Waals surface area contributed by atoms with Gasteiger partial charge in [-0.3, -0.25) is 19.1 Å². The highest BCUT2D eigenvalue weighted by atomic mass is 16.5. The number of amides is 2. The summed E-state index contributed by atoms with van der Waals surface area (Å²) in [7, 11) is 1.62. The Labute approximate surface area is 186 Å². The Hall–Kier alpha value is -3.36. The van der Waals surface area contributed by atoms with Crippen molar-refractivity contribution in [3.8, 4) is 5.75 Å². The van der Waals surface area contributed by atoms with Gasteiger partial charge in [0, 0.05) is 32.2 Å². The number of hydrogen-bond acceptors (Lipinski definition) is 6. The first-order chi connectivity index (χ1) is 15.5. The second kappa shape index (κ2) is 9.42. The van der Waals surface area contributed by atoms with Crippen LogP contribution in [0.3, 0.4) is 0 Å². The van der Waals surface area contributed by atoms with E-state index in [1.165, 1.54) is 0 Å². The number of carbonyl (C=O) groups excluding carboxylic acids is 3. The first kappa shape index (κ1) is 21.9. The van der Waals surface area contributed by atoms with Crippen LogP contribution in [0.2, 0.25) is 0 Å². The molecule has 3 heterocycles. The van der Waals surface area contributed by atoms with E-state index in [1.54, 1.807) is 34.6 Å². The lowest BCUT2D eigenvalue weighted by Gasteiger charge is -2.31. The van der Waals surface area contributed by atoms with E-state index in [0.717, 1.165) is 17.7 Å². The van der Waals surface area contributed by atoms with Crippen LogP contribution in [0.1, 0.15) is 46.3 Å². The topological polar surface area (TPSA) is 94.0 Å². The van der Waals surface area contributed by atoms with Gasteiger partial charge in [-0.2, -0.15) is 5.10 Å². The molecule has 1 aromatic heterocycles. The van der Waals surface area contributed by atoms with Gasteiger partial charge in [0.2, 0.25) is 0 Å². The summed E-state index contributed by atoms with van der Waals surface area (Å²) in [5, 5.41) is 4.39. The molecule has 9 nitrogen and oxygen atoms in total. The zero-order chi connectivity index (χ0) is 22.7. The summed E-state index contributed by atoms with van der Waals surface area (Å²) >= 11 is 0. The Bertz CT molecular complexity index is 1000. The van der Waals surface area contributed by atoms with E-state index >= 15 is 0 Å². The number of methoxy groups -OCH3 is 1. The maximum Gasteiger partial charge on any atom is 0.310 e. The number of carbonyl (C=O) groups is 3. The molecule has 2 aromatic rings. The predicted octanol–water partition coefficient (Wildman–Crippen LogP) is 1.96. The molecule has 1 fully saturated rings. The van der Waals surface area contributed by atoms with Gasteiger partial charge in [0.05, 0.1) is 26.2 Å². The molecule has 2 aliphatic rings. The van der Waals surface area contributed by atoms with Crippen LogP contribution < -0.4 is 4.74 Å². The van der Waals surface area contributed by atoms with Crippen molar-refractivity contribution in [2.24, 2.45) is 5.92 Å². The molecule has 0 bridgehead atoms. The summed E-state index contributed by atoms with van der Waals surface area (Å²) < 4.78 is 11.9. The lowest BCUT2D eigenvalue weighted by molar-refractivity contribution is -0.149. The molecule has 9 heteroatoms. The average Bonchev–Trinajstić information content (AvgIpc) is 3.26. The third-order valence-electron chi connectivity index (χ3n) is 5.95. The molecule has 1 unspecified atom stereocenters. The minimum atomic E-state index is -0.313. The third kappa shape index (κ3) is 4.46. The number of aromatic nitrogens is 2. The molecule has 2 aliphatic heterocycles. The van der Waals surface area contributed by atoms with E-state index in [-0.39, 0.29) is 29.4 Å². The normalized spacial score (nSPS) is 18.3. The Kier molecular flexibility index (Phi) is 6.43. The van der Waals surface area contributed by atoms with Crippen molar-refractivity contribution >= 4 is 17.8 Å². The van der Waals surface area contributed by atoms with Gasteiger partial charge in [-0.1, -0.05) is 12.1 Å². The van der Waals surface area contributed by atoms with Crippen LogP contribution in [0.15, 0.2) is 30.3 Å². The largest absolute Gasteiger partial charge is 0.497 e. The highest BCUT2D eigenvalue weighted by Crippen LogP contribution is 2.22. The number of rotatable bonds is 6. The van der Waals surface area contributed by atoms with E-state index < -0.39 is 0 Å². The van der Waals surface area contributed by atoms with Crippen LogP contribution in [0.5, 0.6) is 5.75 Å². The van der Waals surface area contributed by atoms with E-state index in [2.05, 4.69) is 5.10 Å². The van der Waals surface area contributed by atoms with Crippen molar-refractivity contribution < 1.29 is 23.9 Å². The maximum absolute atomic E-state index is 13.0. The molecule has 170 valence electrons. The minimum absolute atomic E-state index is 0.151. The zero-order valence-electron chi connectivity index (χ0n) is 18.5. The number of hydrogen-bond donors (Lipinski definition) is 0. The molecule has 0 aliphatic carbocycles. The van der Waals surface area contributed by atoms with Crippen molar-refractivity contribution in [1.82, 2.24) is 19.6 Å². The summed E-state index contributed by atoms with van der Waals surface area (Å²) in [5.74, 6) is -0.218. The highest BCUT2D eigenvalue weighted by molar-refractivity contribution is 5.98. The second-order valence-corrected chi connectivity index (χ2v) is 8.06. The Balaban J connectivity index is 1.44. The van der Waals surface area contributed by atoms with Gasteiger partial charge in [-0.25, -0.2) is 0 Å². The summed E-state index contributed by atoms with van der Waals surface area (Å²) in [5.41, 5.74) is 1.65. The van der Waals surface area contributed by atoms with Crippen LogP contribution in [0.4, 0.5) is 0 Å². The number of benzene rings is 1. The molecule has 0 radical (unpaired) electrons. The molecule has 0 saturated carbocycles. The standard InChI is InChI=1S/C23H28N4O5/c1-3-32-23(30)17-5-4-10-25(15-17)21(28)19-13-20-22(29)26(11-12-27(20)24-19)14-16-6-8-18(31-2)9-7-16/h6-9,13,17H,3-5,10-12,14-15H2,1-2H3. The summed E-state index contributed by atoms with van der Waals surface area (Å²) in [6.07, 6.45) is 1.44. The molecular formula is C23H28N4O5. The molecule has 1 aromatic carbocycles. The Morgan fingerprint density at radius 2 is 1.94 bits per heavy atom. The summed E-state index contributed by atoms with van der Waals surface area (Å²) in [6, 6.07) is 9.17. The van der Waals surface area contributed by atoms with Crippen LogP contribution in [-0.4, -0.2) is 70.7 Å². The fraction of sp³-hybridized carbons (Fsp3) is 0.478. The monoisotopic (exact) mass is 440 g/mol. The van der Waals surface area contributed by atoms with E-state index in [0.29, 0.717) is 51.4 Å². The van der Waals surface area contributed by atoms with Gasteiger partial charge in [-0.15, -0.1) is 0 Å². The van der Waals surface area contributed by atoms with Gasteiger partial charge in [0.1, 0.15) is 11.4 Å². The number of esters is 1. The molecular weight excluding hydrogens is 412 g/mol. The number of fused-ring (bicyclic) bond motifs is 1. The van der Waals surface area contributed by atoms with Crippen molar-refractivity contribution in [3.05, 3.63) is 47.3 Å². The summed E-state index contributed by atoms with van der Waals surface area (Å²) in [6.45, 7) is 4.49. The lowest BCUT2D eigenvalue weighted by Crippen LogP contribution is -2.43. The minimum Gasteiger partial charge on any atom is -0.497 e. The molecule has 1 saturated heterocycles. The molecule has 32 heavy (non-hydrogen) atoms. The van der Waals surface area contributed by atoms with Gasteiger partial charge < -0.3 is 19.3 Å². The van der Waals surface area contributed by atoms with Gasteiger partial charge in [0.25, 0.3) is 11.8 Å². The number of piperidine rings is 1. The molecule has 0 spiro atoms. The van der Waals surface area contributed by atoms with Crippen molar-refractivity contribution in [1.29, 1.82) is 0 Å². The van der Waals surface area contributed by atoms with Crippen LogP contribution in [0, 0.1) is 5.92 Å². The average molecular weight is 441 g/mol. The van der Waals surface area contributed by atoms with E-state index in [9.17, 15) is 14.4 Å². The Morgan fingerprint density at radius 3 is 2.66 bits per heavy atom. The van der Waals surface area contributed by atoms with Gasteiger partial charge in [-0.05, 0) is 37.5 Å². The van der Waals surface area contributed by atoms with Gasteiger partial charge in [0.15, 0.2) is 5.69 Å². The predicted molar refractivity (Wildman–Crippen MR) is 115 cm³/mol. The third-order valence-corrected chi connectivity index (χ3v) is 5.95. The first-order valence-corrected chi connectivity index (χ1v) is 11.0. The number of likely N-dealkylation sites (tertiary alicyclic amines) is 1. The molecule has 0 N–H and O–H groups in total. The zero-order valence-corrected chi connectivity index (χ0v) is 18.5. The fourth-order valence-electron chi connectivity index (χ4n) is 4.22. The first-order valence-electron chi connectivity index (χ1n) is 11.0. The van der Waals surface area contributed by atoms with Crippen LogP contribution in [0.25, 0.3) is 0 Å². The van der Waals surface area contributed by atoms with E-state index in [4.69, 9.17) is 9.47 Å². The highest BCUT2D eigenvalue weighted by Gasteiger charge is 2.33. The Morgan fingerprint density at radius 1 is 1.16 bits per heavy atom. The summed E-state index contributed by atoms with van der Waals surface area (Å²) in [4.78, 5) is 41.6. The van der Waals surface area contributed by atoms with Crippen molar-refractivity contribution in [3.63, 3.8) is 0 Å². The second-order valence-electron chi connectivity index (χ2n) is 8.06. The SMILES string of the molecule is CCOC(=O)C1CCCN(C(=O)c2cc3n(n2)CCN(Cc2ccc(OC)cc2)C3=O)C1. The smallest absolute Gasteiger partial charge is 0.310 e. The van der Waals surface area contributed by atoms with Crippen molar-refractivity contribution in [2.45, 2.75) is 32.9 Å². The lowest BCUT2D eigenvalue weighted by atomic mass is 9.98. The number of nitrogens with zero attached hydrogens (tertiary/aromatic N) is 4. The van der Waals surface area contributed by atoms with Crippen molar-refractivity contribution in [2.75, 3.05) is 33.4 Å². The fourth-order valence-corrected chi connectivity index (χ4v) is 4.22. The maximum atomic E-state index is 13.0. The molecule has 1 atom stereocenters. The van der Waals surface area contributed by atoms with Crippen LogP contribution in [-0.2, 0) is 22.6 Å². The molecule has 2 amide bonds. The number of ether oxygens (including phenoxy) is 2.